The number of aliphatic hydroxyl groups is 1. The molecule has 94 valence electrons. The van der Waals surface area contributed by atoms with Crippen LogP contribution < -0.4 is 9.47 Å². The fourth-order valence-corrected chi connectivity index (χ4v) is 2.44. The minimum atomic E-state index is -0.529. The maximum atomic E-state index is 9.67. The second kappa shape index (κ2) is 5.27. The highest BCUT2D eigenvalue weighted by Crippen LogP contribution is 2.38. The van der Waals surface area contributed by atoms with Crippen LogP contribution in [-0.4, -0.2) is 18.3 Å². The molecule has 4 heteroatoms. The van der Waals surface area contributed by atoms with Crippen LogP contribution in [0.1, 0.15) is 37.9 Å². The number of rotatable bonds is 4. The lowest BCUT2D eigenvalue weighted by Crippen LogP contribution is -2.24. The predicted molar refractivity (Wildman–Crippen MR) is 69.6 cm³/mol. The minimum absolute atomic E-state index is 0.298. The third-order valence-corrected chi connectivity index (χ3v) is 3.77. The third kappa shape index (κ3) is 2.75. The summed E-state index contributed by atoms with van der Waals surface area (Å²) >= 11 is 3.42. The van der Waals surface area contributed by atoms with Gasteiger partial charge in [-0.3, -0.25) is 0 Å². The topological polar surface area (TPSA) is 38.7 Å². The van der Waals surface area contributed by atoms with Gasteiger partial charge in [-0.1, -0.05) is 15.9 Å². The molecule has 0 heterocycles. The van der Waals surface area contributed by atoms with Crippen molar-refractivity contribution >= 4 is 15.9 Å². The lowest BCUT2D eigenvalue weighted by atomic mass is 9.96. The summed E-state index contributed by atoms with van der Waals surface area (Å²) in [6.45, 7) is 1.74. The Labute approximate surface area is 110 Å². The van der Waals surface area contributed by atoms with Crippen molar-refractivity contribution < 1.29 is 14.6 Å². The number of aliphatic hydroxyl groups excluding tert-OH is 1. The molecule has 1 aliphatic rings. The van der Waals surface area contributed by atoms with E-state index in [0.717, 1.165) is 28.6 Å². The number of halogens is 1. The molecule has 3 nitrogen and oxygen atoms in total. The maximum Gasteiger partial charge on any atom is 0.162 e. The van der Waals surface area contributed by atoms with Crippen molar-refractivity contribution in [1.82, 2.24) is 0 Å². The predicted octanol–water partition coefficient (Wildman–Crippen LogP) is 3.44. The van der Waals surface area contributed by atoms with E-state index in [9.17, 15) is 5.11 Å². The summed E-state index contributed by atoms with van der Waals surface area (Å²) in [5, 5.41) is 9.67. The summed E-state index contributed by atoms with van der Waals surface area (Å²) in [5.41, 5.74) is 0.820. The quantitative estimate of drug-likeness (QED) is 0.926. The lowest BCUT2D eigenvalue weighted by Gasteiger charge is -2.27. The second-order valence-corrected chi connectivity index (χ2v) is 5.23. The first-order valence-electron chi connectivity index (χ1n) is 5.84. The van der Waals surface area contributed by atoms with Crippen LogP contribution in [0.2, 0.25) is 0 Å². The standard InChI is InChI=1S/C13H17BrO3/c1-8(15)10-6-13(17-9-4-3-5-9)12(16-2)7-11(10)14/h6-9,15H,3-5H2,1-2H3. The molecule has 1 atom stereocenters. The van der Waals surface area contributed by atoms with Gasteiger partial charge in [0.25, 0.3) is 0 Å². The van der Waals surface area contributed by atoms with Gasteiger partial charge >= 0.3 is 0 Å². The Morgan fingerprint density at radius 2 is 2.06 bits per heavy atom. The van der Waals surface area contributed by atoms with Gasteiger partial charge in [0.05, 0.1) is 19.3 Å². The summed E-state index contributed by atoms with van der Waals surface area (Å²) in [4.78, 5) is 0. The summed E-state index contributed by atoms with van der Waals surface area (Å²) in [7, 11) is 1.62. The molecule has 0 bridgehead atoms. The summed E-state index contributed by atoms with van der Waals surface area (Å²) in [6, 6.07) is 3.70. The molecule has 1 fully saturated rings. The molecular formula is C13H17BrO3. The molecular weight excluding hydrogens is 284 g/mol. The van der Waals surface area contributed by atoms with E-state index in [1.807, 2.05) is 12.1 Å². The largest absolute Gasteiger partial charge is 0.493 e. The molecule has 1 N–H and O–H groups in total. The highest BCUT2D eigenvalue weighted by molar-refractivity contribution is 9.10. The SMILES string of the molecule is COc1cc(Br)c(C(C)O)cc1OC1CCC1. The normalized spacial score (nSPS) is 17.4. The number of ether oxygens (including phenoxy) is 2. The van der Waals surface area contributed by atoms with Gasteiger partial charge in [0, 0.05) is 4.47 Å². The van der Waals surface area contributed by atoms with Gasteiger partial charge in [-0.25, -0.2) is 0 Å². The van der Waals surface area contributed by atoms with E-state index >= 15 is 0 Å². The molecule has 0 aliphatic heterocycles. The van der Waals surface area contributed by atoms with E-state index in [4.69, 9.17) is 9.47 Å². The van der Waals surface area contributed by atoms with Crippen LogP contribution in [0.5, 0.6) is 11.5 Å². The van der Waals surface area contributed by atoms with Gasteiger partial charge in [-0.05, 0) is 43.9 Å². The summed E-state index contributed by atoms with van der Waals surface area (Å²) in [5.74, 6) is 1.42. The molecule has 1 aliphatic carbocycles. The smallest absolute Gasteiger partial charge is 0.162 e. The highest BCUT2D eigenvalue weighted by atomic mass is 79.9. The van der Waals surface area contributed by atoms with E-state index in [2.05, 4.69) is 15.9 Å². The van der Waals surface area contributed by atoms with Crippen molar-refractivity contribution in [3.05, 3.63) is 22.2 Å². The van der Waals surface area contributed by atoms with Crippen LogP contribution in [0.3, 0.4) is 0 Å². The number of benzene rings is 1. The van der Waals surface area contributed by atoms with Crippen LogP contribution in [0.15, 0.2) is 16.6 Å². The molecule has 0 radical (unpaired) electrons. The fourth-order valence-electron chi connectivity index (χ4n) is 1.79. The van der Waals surface area contributed by atoms with Crippen molar-refractivity contribution in [2.45, 2.75) is 38.4 Å². The first-order chi connectivity index (χ1) is 8.11. The zero-order chi connectivity index (χ0) is 12.4. The second-order valence-electron chi connectivity index (χ2n) is 4.37. The molecule has 0 spiro atoms. The van der Waals surface area contributed by atoms with Crippen molar-refractivity contribution in [1.29, 1.82) is 0 Å². The van der Waals surface area contributed by atoms with Crippen LogP contribution in [0.4, 0.5) is 0 Å². The maximum absolute atomic E-state index is 9.67. The average Bonchev–Trinajstić information content (AvgIpc) is 2.23. The van der Waals surface area contributed by atoms with E-state index in [1.54, 1.807) is 14.0 Å². The molecule has 0 aromatic heterocycles. The van der Waals surface area contributed by atoms with Crippen molar-refractivity contribution in [2.24, 2.45) is 0 Å². The van der Waals surface area contributed by atoms with E-state index in [0.29, 0.717) is 11.9 Å². The lowest BCUT2D eigenvalue weighted by molar-refractivity contribution is 0.115. The number of hydrogen-bond acceptors (Lipinski definition) is 3. The molecule has 1 aromatic carbocycles. The van der Waals surface area contributed by atoms with Crippen LogP contribution in [0, 0.1) is 0 Å². The van der Waals surface area contributed by atoms with E-state index in [1.165, 1.54) is 6.42 Å². The third-order valence-electron chi connectivity index (χ3n) is 3.08. The first-order valence-corrected chi connectivity index (χ1v) is 6.63. The molecule has 1 unspecified atom stereocenters. The Balaban J connectivity index is 2.29. The van der Waals surface area contributed by atoms with E-state index < -0.39 is 6.10 Å². The van der Waals surface area contributed by atoms with Crippen molar-refractivity contribution in [3.8, 4) is 11.5 Å². The van der Waals surface area contributed by atoms with Crippen LogP contribution in [-0.2, 0) is 0 Å². The molecule has 0 saturated heterocycles. The van der Waals surface area contributed by atoms with Gasteiger partial charge in [0.15, 0.2) is 11.5 Å². The summed E-state index contributed by atoms with van der Waals surface area (Å²) in [6.07, 6.45) is 3.20. The van der Waals surface area contributed by atoms with Gasteiger partial charge in [0.1, 0.15) is 0 Å². The Kier molecular flexibility index (Phi) is 3.94. The fraction of sp³-hybridized carbons (Fsp3) is 0.538. The van der Waals surface area contributed by atoms with Crippen LogP contribution >= 0.6 is 15.9 Å². The molecule has 2 rings (SSSR count). The van der Waals surface area contributed by atoms with E-state index in [-0.39, 0.29) is 0 Å². The monoisotopic (exact) mass is 300 g/mol. The zero-order valence-electron chi connectivity index (χ0n) is 10.1. The molecule has 1 aromatic rings. The summed E-state index contributed by atoms with van der Waals surface area (Å²) < 4.78 is 12.0. The van der Waals surface area contributed by atoms with Crippen LogP contribution in [0.25, 0.3) is 0 Å². The Hall–Kier alpha value is -0.740. The van der Waals surface area contributed by atoms with Crippen molar-refractivity contribution in [3.63, 3.8) is 0 Å². The molecule has 17 heavy (non-hydrogen) atoms. The Bertz CT molecular complexity index is 400. The van der Waals surface area contributed by atoms with Gasteiger partial charge in [0.2, 0.25) is 0 Å². The highest BCUT2D eigenvalue weighted by Gasteiger charge is 2.22. The van der Waals surface area contributed by atoms with Gasteiger partial charge < -0.3 is 14.6 Å². The number of hydrogen-bond donors (Lipinski definition) is 1. The number of methoxy groups -OCH3 is 1. The molecule has 0 amide bonds. The average molecular weight is 301 g/mol. The molecule has 1 saturated carbocycles. The minimum Gasteiger partial charge on any atom is -0.493 e. The Morgan fingerprint density at radius 1 is 1.35 bits per heavy atom. The van der Waals surface area contributed by atoms with Crippen molar-refractivity contribution in [2.75, 3.05) is 7.11 Å². The zero-order valence-corrected chi connectivity index (χ0v) is 11.7. The Morgan fingerprint density at radius 3 is 2.53 bits per heavy atom. The van der Waals surface area contributed by atoms with Gasteiger partial charge in [-0.2, -0.15) is 0 Å². The first kappa shape index (κ1) is 12.7. The van der Waals surface area contributed by atoms with Gasteiger partial charge in [-0.15, -0.1) is 0 Å².